The maximum absolute atomic E-state index is 11.9. The number of hydrogen-bond donors (Lipinski definition) is 2. The minimum absolute atomic E-state index is 0.0324. The van der Waals surface area contributed by atoms with E-state index >= 15 is 0 Å². The van der Waals surface area contributed by atoms with Gasteiger partial charge in [0.05, 0.1) is 6.61 Å². The predicted molar refractivity (Wildman–Crippen MR) is 81.9 cm³/mol. The lowest BCUT2D eigenvalue weighted by Crippen LogP contribution is -2.39. The number of carbonyl (C=O) groups is 1. The summed E-state index contributed by atoms with van der Waals surface area (Å²) < 4.78 is 4.91. The first-order chi connectivity index (χ1) is 9.72. The van der Waals surface area contributed by atoms with Gasteiger partial charge in [-0.3, -0.25) is 4.79 Å². The van der Waals surface area contributed by atoms with E-state index in [0.29, 0.717) is 13.2 Å². The lowest BCUT2D eigenvalue weighted by atomic mass is 10.1. The molecule has 4 heteroatoms. The van der Waals surface area contributed by atoms with Gasteiger partial charge in [-0.05, 0) is 18.4 Å². The second-order valence-corrected chi connectivity index (χ2v) is 4.68. The zero-order chi connectivity index (χ0) is 14.4. The first kappa shape index (κ1) is 14.3. The van der Waals surface area contributed by atoms with Gasteiger partial charge in [0, 0.05) is 24.7 Å². The van der Waals surface area contributed by atoms with Crippen LogP contribution >= 0.6 is 0 Å². The topological polar surface area (TPSA) is 50.4 Å². The molecular formula is C16H20N2O2. The molecule has 106 valence electrons. The summed E-state index contributed by atoms with van der Waals surface area (Å²) in [5.74, 6) is -0.0324. The van der Waals surface area contributed by atoms with Gasteiger partial charge in [-0.25, -0.2) is 0 Å². The number of nitrogens with one attached hydrogen (secondary N) is 2. The predicted octanol–water partition coefficient (Wildman–Crippen LogP) is 2.40. The fourth-order valence-electron chi connectivity index (χ4n) is 2.08. The van der Waals surface area contributed by atoms with Gasteiger partial charge in [-0.1, -0.05) is 36.4 Å². The Kier molecular flexibility index (Phi) is 4.96. The minimum Gasteiger partial charge on any atom is -0.383 e. The summed E-state index contributed by atoms with van der Waals surface area (Å²) in [6.07, 6.45) is 0. The Morgan fingerprint density at radius 1 is 1.20 bits per heavy atom. The molecule has 0 aliphatic heterocycles. The Hall–Kier alpha value is -2.07. The van der Waals surface area contributed by atoms with Gasteiger partial charge in [-0.2, -0.15) is 0 Å². The van der Waals surface area contributed by atoms with Crippen molar-refractivity contribution in [3.05, 3.63) is 42.5 Å². The molecule has 0 aromatic heterocycles. The van der Waals surface area contributed by atoms with E-state index in [1.54, 1.807) is 7.11 Å². The van der Waals surface area contributed by atoms with E-state index < -0.39 is 0 Å². The number of anilines is 1. The van der Waals surface area contributed by atoms with Crippen molar-refractivity contribution < 1.29 is 9.53 Å². The lowest BCUT2D eigenvalue weighted by molar-refractivity contribution is -0.121. The average Bonchev–Trinajstić information content (AvgIpc) is 2.47. The fourth-order valence-corrected chi connectivity index (χ4v) is 2.08. The smallest absolute Gasteiger partial charge is 0.242 e. The molecule has 20 heavy (non-hydrogen) atoms. The number of benzene rings is 2. The largest absolute Gasteiger partial charge is 0.383 e. The Morgan fingerprint density at radius 2 is 1.95 bits per heavy atom. The number of carbonyl (C=O) groups excluding carboxylic acids is 1. The average molecular weight is 272 g/mol. The monoisotopic (exact) mass is 272 g/mol. The third-order valence-corrected chi connectivity index (χ3v) is 3.16. The van der Waals surface area contributed by atoms with Crippen LogP contribution in [0.1, 0.15) is 6.92 Å². The summed E-state index contributed by atoms with van der Waals surface area (Å²) in [5, 5.41) is 8.36. The van der Waals surface area contributed by atoms with E-state index in [-0.39, 0.29) is 11.9 Å². The van der Waals surface area contributed by atoms with Gasteiger partial charge in [0.25, 0.3) is 0 Å². The highest BCUT2D eigenvalue weighted by molar-refractivity contribution is 5.95. The SMILES string of the molecule is COCCNC(=O)C(C)Nc1cccc2ccccc12. The van der Waals surface area contributed by atoms with Crippen LogP contribution in [0.15, 0.2) is 42.5 Å². The summed E-state index contributed by atoms with van der Waals surface area (Å²) in [4.78, 5) is 11.9. The van der Waals surface area contributed by atoms with Crippen LogP contribution in [0.25, 0.3) is 10.8 Å². The maximum Gasteiger partial charge on any atom is 0.242 e. The van der Waals surface area contributed by atoms with E-state index in [1.165, 1.54) is 0 Å². The fraction of sp³-hybridized carbons (Fsp3) is 0.312. The molecule has 0 bridgehead atoms. The quantitative estimate of drug-likeness (QED) is 0.794. The first-order valence-corrected chi connectivity index (χ1v) is 6.73. The highest BCUT2D eigenvalue weighted by Gasteiger charge is 2.12. The molecule has 0 heterocycles. The van der Waals surface area contributed by atoms with Crippen LogP contribution in [0.2, 0.25) is 0 Å². The molecule has 0 saturated carbocycles. The molecule has 2 aromatic rings. The molecular weight excluding hydrogens is 252 g/mol. The van der Waals surface area contributed by atoms with Crippen LogP contribution in [-0.2, 0) is 9.53 Å². The van der Waals surface area contributed by atoms with Gasteiger partial charge in [0.15, 0.2) is 0 Å². The molecule has 1 amide bonds. The van der Waals surface area contributed by atoms with Crippen molar-refractivity contribution in [1.29, 1.82) is 0 Å². The normalized spacial score (nSPS) is 12.1. The standard InChI is InChI=1S/C16H20N2O2/c1-12(16(19)17-10-11-20-2)18-15-9-5-7-13-6-3-4-8-14(13)15/h3-9,12,18H,10-11H2,1-2H3,(H,17,19). The number of methoxy groups -OCH3 is 1. The van der Waals surface area contributed by atoms with Crippen LogP contribution in [-0.4, -0.2) is 32.2 Å². The minimum atomic E-state index is -0.294. The zero-order valence-corrected chi connectivity index (χ0v) is 11.8. The molecule has 1 unspecified atom stereocenters. The Bertz CT molecular complexity index is 578. The second kappa shape index (κ2) is 6.91. The van der Waals surface area contributed by atoms with Crippen molar-refractivity contribution in [3.8, 4) is 0 Å². The van der Waals surface area contributed by atoms with E-state index in [0.717, 1.165) is 16.5 Å². The maximum atomic E-state index is 11.9. The van der Waals surface area contributed by atoms with Crippen molar-refractivity contribution in [2.45, 2.75) is 13.0 Å². The van der Waals surface area contributed by atoms with Crippen LogP contribution in [0, 0.1) is 0 Å². The van der Waals surface area contributed by atoms with Crippen LogP contribution in [0.5, 0.6) is 0 Å². The first-order valence-electron chi connectivity index (χ1n) is 6.73. The van der Waals surface area contributed by atoms with Gasteiger partial charge < -0.3 is 15.4 Å². The number of fused-ring (bicyclic) bond motifs is 1. The van der Waals surface area contributed by atoms with E-state index in [4.69, 9.17) is 4.74 Å². The van der Waals surface area contributed by atoms with Gasteiger partial charge in [0.1, 0.15) is 6.04 Å². The highest BCUT2D eigenvalue weighted by Crippen LogP contribution is 2.23. The number of amides is 1. The molecule has 2 aromatic carbocycles. The summed E-state index contributed by atoms with van der Waals surface area (Å²) in [6, 6.07) is 13.9. The third-order valence-electron chi connectivity index (χ3n) is 3.16. The number of hydrogen-bond acceptors (Lipinski definition) is 3. The molecule has 4 nitrogen and oxygen atoms in total. The Labute approximate surface area is 119 Å². The van der Waals surface area contributed by atoms with Gasteiger partial charge in [0.2, 0.25) is 5.91 Å². The van der Waals surface area contributed by atoms with Crippen LogP contribution < -0.4 is 10.6 Å². The molecule has 0 spiro atoms. The number of rotatable bonds is 6. The van der Waals surface area contributed by atoms with E-state index in [9.17, 15) is 4.79 Å². The molecule has 0 fully saturated rings. The molecule has 0 radical (unpaired) electrons. The Balaban J connectivity index is 2.06. The molecule has 1 atom stereocenters. The zero-order valence-electron chi connectivity index (χ0n) is 11.8. The molecule has 2 N–H and O–H groups in total. The summed E-state index contributed by atoms with van der Waals surface area (Å²) in [7, 11) is 1.62. The van der Waals surface area contributed by atoms with E-state index in [1.807, 2.05) is 37.3 Å². The van der Waals surface area contributed by atoms with Crippen LogP contribution in [0.3, 0.4) is 0 Å². The van der Waals surface area contributed by atoms with Crippen molar-refractivity contribution in [2.75, 3.05) is 25.6 Å². The van der Waals surface area contributed by atoms with Crippen molar-refractivity contribution in [3.63, 3.8) is 0 Å². The van der Waals surface area contributed by atoms with E-state index in [2.05, 4.69) is 22.8 Å². The molecule has 0 aliphatic carbocycles. The summed E-state index contributed by atoms with van der Waals surface area (Å²) >= 11 is 0. The van der Waals surface area contributed by atoms with Crippen LogP contribution in [0.4, 0.5) is 5.69 Å². The molecule has 0 saturated heterocycles. The third kappa shape index (κ3) is 3.48. The van der Waals surface area contributed by atoms with Gasteiger partial charge in [-0.15, -0.1) is 0 Å². The van der Waals surface area contributed by atoms with Crippen molar-refractivity contribution >= 4 is 22.4 Å². The van der Waals surface area contributed by atoms with Crippen molar-refractivity contribution in [2.24, 2.45) is 0 Å². The van der Waals surface area contributed by atoms with Gasteiger partial charge >= 0.3 is 0 Å². The Morgan fingerprint density at radius 3 is 2.75 bits per heavy atom. The number of ether oxygens (including phenoxy) is 1. The lowest BCUT2D eigenvalue weighted by Gasteiger charge is -2.16. The summed E-state index contributed by atoms with van der Waals surface area (Å²) in [5.41, 5.74) is 0.970. The van der Waals surface area contributed by atoms with Crippen molar-refractivity contribution in [1.82, 2.24) is 5.32 Å². The summed E-state index contributed by atoms with van der Waals surface area (Å²) in [6.45, 7) is 2.90. The molecule has 0 aliphatic rings. The highest BCUT2D eigenvalue weighted by atomic mass is 16.5. The molecule has 2 rings (SSSR count). The second-order valence-electron chi connectivity index (χ2n) is 4.68.